The summed E-state index contributed by atoms with van der Waals surface area (Å²) in [4.78, 5) is 16.9. The van der Waals surface area contributed by atoms with Gasteiger partial charge in [-0.15, -0.1) is 0 Å². The maximum Gasteiger partial charge on any atom is 0.280 e. The maximum atomic E-state index is 12.7. The van der Waals surface area contributed by atoms with Gasteiger partial charge in [0.15, 0.2) is 0 Å². The van der Waals surface area contributed by atoms with E-state index in [1.807, 2.05) is 25.1 Å². The van der Waals surface area contributed by atoms with Crippen molar-refractivity contribution in [1.82, 2.24) is 10.6 Å². The summed E-state index contributed by atoms with van der Waals surface area (Å²) >= 11 is 5.93. The van der Waals surface area contributed by atoms with Gasteiger partial charge >= 0.3 is 0 Å². The first kappa shape index (κ1) is 24.4. The first-order valence-corrected chi connectivity index (χ1v) is 10.5. The van der Waals surface area contributed by atoms with Crippen LogP contribution in [0.2, 0.25) is 5.02 Å². The Balaban J connectivity index is 2.16. The van der Waals surface area contributed by atoms with Crippen molar-refractivity contribution in [2.24, 2.45) is 22.4 Å². The molecule has 0 aliphatic carbocycles. The molecule has 3 unspecified atom stereocenters. The number of benzene rings is 2. The predicted molar refractivity (Wildman–Crippen MR) is 124 cm³/mol. The van der Waals surface area contributed by atoms with E-state index in [1.54, 1.807) is 30.3 Å². The third kappa shape index (κ3) is 7.68. The van der Waals surface area contributed by atoms with Crippen LogP contribution in [-0.4, -0.2) is 24.1 Å². The average Bonchev–Trinajstić information content (AvgIpc) is 2.73. The number of carbonyl (C=O) groups excluding carboxylic acids is 1. The standard InChI is InChI=1S/C23H29ClN6O/c1-14(2)15(3)28-23(30-22(31)18-6-4-5-16(11-18)13-25)29-21(27)12-20(26)17-7-9-19(24)10-8-17/h4-11,14-15,20-21H,12,26-27H2,1-3H3,(H2,28,29,30,31). The van der Waals surface area contributed by atoms with Crippen molar-refractivity contribution in [2.75, 3.05) is 0 Å². The monoisotopic (exact) mass is 440 g/mol. The fourth-order valence-electron chi connectivity index (χ4n) is 2.73. The van der Waals surface area contributed by atoms with E-state index < -0.39 is 12.1 Å². The predicted octanol–water partition coefficient (Wildman–Crippen LogP) is 3.31. The highest BCUT2D eigenvalue weighted by Gasteiger charge is 2.17. The number of halogens is 1. The van der Waals surface area contributed by atoms with Gasteiger partial charge in [-0.2, -0.15) is 10.3 Å². The minimum absolute atomic E-state index is 0.0432. The molecule has 31 heavy (non-hydrogen) atoms. The Morgan fingerprint density at radius 2 is 1.81 bits per heavy atom. The summed E-state index contributed by atoms with van der Waals surface area (Å²) in [7, 11) is 0. The van der Waals surface area contributed by atoms with Crippen LogP contribution in [0.15, 0.2) is 53.5 Å². The fraction of sp³-hybridized carbons (Fsp3) is 0.348. The van der Waals surface area contributed by atoms with Crippen LogP contribution in [0.3, 0.4) is 0 Å². The Bertz CT molecular complexity index is 951. The molecule has 1 amide bonds. The number of hydrogen-bond acceptors (Lipinski definition) is 4. The maximum absolute atomic E-state index is 12.7. The topological polar surface area (TPSA) is 129 Å². The second-order valence-electron chi connectivity index (χ2n) is 7.78. The molecular formula is C23H29ClN6O. The van der Waals surface area contributed by atoms with Crippen molar-refractivity contribution in [3.63, 3.8) is 0 Å². The van der Waals surface area contributed by atoms with Crippen molar-refractivity contribution in [2.45, 2.75) is 45.4 Å². The lowest BCUT2D eigenvalue weighted by atomic mass is 10.0. The van der Waals surface area contributed by atoms with E-state index in [9.17, 15) is 4.79 Å². The minimum Gasteiger partial charge on any atom is -0.353 e. The quantitative estimate of drug-likeness (QED) is 0.297. The summed E-state index contributed by atoms with van der Waals surface area (Å²) in [5.41, 5.74) is 14.2. The number of guanidine groups is 1. The molecule has 0 fully saturated rings. The van der Waals surface area contributed by atoms with E-state index in [-0.39, 0.29) is 18.0 Å². The third-order valence-corrected chi connectivity index (χ3v) is 5.20. The molecule has 0 saturated carbocycles. The van der Waals surface area contributed by atoms with E-state index in [4.69, 9.17) is 28.3 Å². The number of amides is 1. The zero-order valence-electron chi connectivity index (χ0n) is 18.0. The van der Waals surface area contributed by atoms with Crippen molar-refractivity contribution in [3.8, 4) is 6.07 Å². The summed E-state index contributed by atoms with van der Waals surface area (Å²) in [5, 5.41) is 16.0. The number of aliphatic imine (C=N–C) groups is 1. The van der Waals surface area contributed by atoms with Crippen LogP contribution in [0, 0.1) is 17.2 Å². The molecule has 0 aliphatic heterocycles. The Labute approximate surface area is 188 Å². The molecule has 0 aromatic heterocycles. The Hall–Kier alpha value is -2.92. The Morgan fingerprint density at radius 1 is 1.13 bits per heavy atom. The van der Waals surface area contributed by atoms with Crippen LogP contribution in [0.5, 0.6) is 0 Å². The van der Waals surface area contributed by atoms with Crippen molar-refractivity contribution in [3.05, 3.63) is 70.2 Å². The van der Waals surface area contributed by atoms with Gasteiger partial charge in [0, 0.05) is 22.7 Å². The molecular weight excluding hydrogens is 412 g/mol. The second kappa shape index (κ2) is 11.5. The average molecular weight is 441 g/mol. The van der Waals surface area contributed by atoms with Crippen molar-refractivity contribution < 1.29 is 4.79 Å². The number of rotatable bonds is 7. The van der Waals surface area contributed by atoms with Crippen LogP contribution in [0.1, 0.15) is 54.7 Å². The molecule has 0 heterocycles. The highest BCUT2D eigenvalue weighted by atomic mass is 35.5. The zero-order chi connectivity index (χ0) is 23.0. The Morgan fingerprint density at radius 3 is 2.42 bits per heavy atom. The largest absolute Gasteiger partial charge is 0.353 e. The molecule has 8 heteroatoms. The molecule has 2 rings (SSSR count). The fourth-order valence-corrected chi connectivity index (χ4v) is 2.86. The molecule has 164 valence electrons. The number of carbonyl (C=O) groups is 1. The Kier molecular flexibility index (Phi) is 9.01. The van der Waals surface area contributed by atoms with Gasteiger partial charge in [-0.05, 0) is 55.2 Å². The van der Waals surface area contributed by atoms with Gasteiger partial charge in [0.05, 0.1) is 17.8 Å². The van der Waals surface area contributed by atoms with Gasteiger partial charge in [-0.3, -0.25) is 4.79 Å². The lowest BCUT2D eigenvalue weighted by molar-refractivity contribution is 0.100. The van der Waals surface area contributed by atoms with Crippen LogP contribution >= 0.6 is 11.6 Å². The summed E-state index contributed by atoms with van der Waals surface area (Å²) in [6, 6.07) is 15.4. The van der Waals surface area contributed by atoms with Crippen molar-refractivity contribution >= 4 is 23.5 Å². The molecule has 0 spiro atoms. The van der Waals surface area contributed by atoms with Gasteiger partial charge in [0.2, 0.25) is 5.96 Å². The smallest absolute Gasteiger partial charge is 0.280 e. The number of hydrogen-bond donors (Lipinski definition) is 4. The molecule has 3 atom stereocenters. The summed E-state index contributed by atoms with van der Waals surface area (Å²) in [6.07, 6.45) is -0.134. The van der Waals surface area contributed by atoms with Crippen molar-refractivity contribution in [1.29, 1.82) is 5.26 Å². The molecule has 2 aromatic carbocycles. The summed E-state index contributed by atoms with van der Waals surface area (Å²) in [5.74, 6) is 0.0955. The third-order valence-electron chi connectivity index (χ3n) is 4.94. The molecule has 6 N–H and O–H groups in total. The highest BCUT2D eigenvalue weighted by Crippen LogP contribution is 2.17. The first-order valence-electron chi connectivity index (χ1n) is 10.1. The summed E-state index contributed by atoms with van der Waals surface area (Å²) < 4.78 is 0. The molecule has 0 aliphatic rings. The molecule has 7 nitrogen and oxygen atoms in total. The summed E-state index contributed by atoms with van der Waals surface area (Å²) in [6.45, 7) is 6.11. The van der Waals surface area contributed by atoms with E-state index in [0.717, 1.165) is 5.56 Å². The van der Waals surface area contributed by atoms with Crippen LogP contribution in [0.25, 0.3) is 0 Å². The second-order valence-corrected chi connectivity index (χ2v) is 8.22. The van der Waals surface area contributed by atoms with Crippen LogP contribution in [0.4, 0.5) is 0 Å². The molecule has 0 saturated heterocycles. The first-order chi connectivity index (χ1) is 14.7. The lowest BCUT2D eigenvalue weighted by Crippen LogP contribution is -2.52. The molecule has 0 radical (unpaired) electrons. The van der Waals surface area contributed by atoms with Gasteiger partial charge in [0.25, 0.3) is 5.91 Å². The van der Waals surface area contributed by atoms with Crippen LogP contribution in [-0.2, 0) is 0 Å². The SMILES string of the molecule is CC(C)C(C)N/C(=N/C(=O)c1cccc(C#N)c1)NC(N)CC(N)c1ccc(Cl)cc1. The van der Waals surface area contributed by atoms with Crippen LogP contribution < -0.4 is 22.1 Å². The zero-order valence-corrected chi connectivity index (χ0v) is 18.7. The number of nitriles is 1. The van der Waals surface area contributed by atoms with Gasteiger partial charge < -0.3 is 22.1 Å². The van der Waals surface area contributed by atoms with Gasteiger partial charge in [0.1, 0.15) is 0 Å². The lowest BCUT2D eigenvalue weighted by Gasteiger charge is -2.25. The number of nitrogens with one attached hydrogen (secondary N) is 2. The van der Waals surface area contributed by atoms with E-state index in [1.165, 1.54) is 6.07 Å². The highest BCUT2D eigenvalue weighted by molar-refractivity contribution is 6.30. The normalized spacial score (nSPS) is 14.5. The minimum atomic E-state index is -0.547. The van der Waals surface area contributed by atoms with Gasteiger partial charge in [-0.25, -0.2) is 0 Å². The van der Waals surface area contributed by atoms with E-state index >= 15 is 0 Å². The van der Waals surface area contributed by atoms with E-state index in [2.05, 4.69) is 29.5 Å². The molecule has 2 aromatic rings. The molecule has 0 bridgehead atoms. The number of nitrogens with two attached hydrogens (primary N) is 2. The van der Waals surface area contributed by atoms with E-state index in [0.29, 0.717) is 28.5 Å². The number of nitrogens with zero attached hydrogens (tertiary/aromatic N) is 2. The van der Waals surface area contributed by atoms with Gasteiger partial charge in [-0.1, -0.05) is 43.6 Å².